The summed E-state index contributed by atoms with van der Waals surface area (Å²) in [5, 5.41) is 3.36. The van der Waals surface area contributed by atoms with Gasteiger partial charge in [-0.25, -0.2) is 0 Å². The third-order valence-corrected chi connectivity index (χ3v) is 2.06. The molecule has 0 saturated carbocycles. The summed E-state index contributed by atoms with van der Waals surface area (Å²) in [6, 6.07) is 1.97. The first kappa shape index (κ1) is 10.3. The van der Waals surface area contributed by atoms with Crippen molar-refractivity contribution in [3.05, 3.63) is 24.2 Å². The van der Waals surface area contributed by atoms with E-state index in [0.29, 0.717) is 5.92 Å². The highest BCUT2D eigenvalue weighted by Gasteiger charge is 2.00. The second kappa shape index (κ2) is 5.78. The van der Waals surface area contributed by atoms with Gasteiger partial charge in [-0.3, -0.25) is 0 Å². The van der Waals surface area contributed by atoms with Gasteiger partial charge in [0.1, 0.15) is 0 Å². The van der Waals surface area contributed by atoms with Crippen LogP contribution in [-0.2, 0) is 6.54 Å². The minimum absolute atomic E-state index is 0.650. The smallest absolute Gasteiger partial charge is 0.0947 e. The maximum Gasteiger partial charge on any atom is 0.0947 e. The largest absolute Gasteiger partial charge is 0.472 e. The summed E-state index contributed by atoms with van der Waals surface area (Å²) in [5.74, 6) is 0.650. The number of hydrogen-bond acceptors (Lipinski definition) is 3. The van der Waals surface area contributed by atoms with Gasteiger partial charge in [0.25, 0.3) is 0 Å². The summed E-state index contributed by atoms with van der Waals surface area (Å²) in [7, 11) is 0. The molecule has 1 aromatic heterocycles. The van der Waals surface area contributed by atoms with Crippen LogP contribution in [0.15, 0.2) is 23.0 Å². The lowest BCUT2D eigenvalue weighted by molar-refractivity contribution is 0.484. The fraction of sp³-hybridized carbons (Fsp3) is 0.600. The molecule has 1 heterocycles. The van der Waals surface area contributed by atoms with Gasteiger partial charge in [-0.2, -0.15) is 0 Å². The first-order valence-electron chi connectivity index (χ1n) is 4.74. The Labute approximate surface area is 79.3 Å². The minimum atomic E-state index is 0.650. The van der Waals surface area contributed by atoms with Crippen LogP contribution in [0.25, 0.3) is 0 Å². The molecule has 13 heavy (non-hydrogen) atoms. The Balaban J connectivity index is 2.07. The van der Waals surface area contributed by atoms with Gasteiger partial charge in [0, 0.05) is 12.1 Å². The topological polar surface area (TPSA) is 51.2 Å². The maximum absolute atomic E-state index is 5.45. The molecule has 0 radical (unpaired) electrons. The van der Waals surface area contributed by atoms with Crippen LogP contribution in [0.2, 0.25) is 0 Å². The molecule has 0 aliphatic rings. The van der Waals surface area contributed by atoms with Crippen LogP contribution in [0.1, 0.15) is 18.9 Å². The molecule has 0 amide bonds. The molecule has 0 aliphatic heterocycles. The SMILES string of the molecule is CC(CCN)CNCc1ccoc1. The third-order valence-electron chi connectivity index (χ3n) is 2.06. The highest BCUT2D eigenvalue weighted by atomic mass is 16.3. The molecule has 3 N–H and O–H groups in total. The highest BCUT2D eigenvalue weighted by Crippen LogP contribution is 2.01. The molecule has 0 aliphatic carbocycles. The van der Waals surface area contributed by atoms with Crippen LogP contribution in [0.4, 0.5) is 0 Å². The lowest BCUT2D eigenvalue weighted by Crippen LogP contribution is -2.22. The van der Waals surface area contributed by atoms with Crippen molar-refractivity contribution in [2.75, 3.05) is 13.1 Å². The van der Waals surface area contributed by atoms with Crippen LogP contribution < -0.4 is 11.1 Å². The first-order chi connectivity index (χ1) is 6.33. The zero-order chi connectivity index (χ0) is 9.52. The van der Waals surface area contributed by atoms with Crippen LogP contribution in [0, 0.1) is 5.92 Å². The molecular formula is C10H18N2O. The molecular weight excluding hydrogens is 164 g/mol. The van der Waals surface area contributed by atoms with E-state index in [9.17, 15) is 0 Å². The summed E-state index contributed by atoms with van der Waals surface area (Å²) < 4.78 is 4.96. The van der Waals surface area contributed by atoms with Crippen molar-refractivity contribution in [2.24, 2.45) is 11.7 Å². The fourth-order valence-corrected chi connectivity index (χ4v) is 1.24. The van der Waals surface area contributed by atoms with Crippen molar-refractivity contribution in [1.29, 1.82) is 0 Å². The zero-order valence-electron chi connectivity index (χ0n) is 8.12. The molecule has 1 aromatic rings. The number of nitrogens with one attached hydrogen (secondary N) is 1. The molecule has 74 valence electrons. The summed E-state index contributed by atoms with van der Waals surface area (Å²) in [6.07, 6.45) is 4.54. The fourth-order valence-electron chi connectivity index (χ4n) is 1.24. The number of furan rings is 1. The summed E-state index contributed by atoms with van der Waals surface area (Å²) in [4.78, 5) is 0. The van der Waals surface area contributed by atoms with Crippen molar-refractivity contribution in [3.63, 3.8) is 0 Å². The first-order valence-corrected chi connectivity index (χ1v) is 4.74. The summed E-state index contributed by atoms with van der Waals surface area (Å²) in [6.45, 7) is 4.87. The molecule has 1 unspecified atom stereocenters. The van der Waals surface area contributed by atoms with Crippen LogP contribution in [-0.4, -0.2) is 13.1 Å². The Hall–Kier alpha value is -0.800. The Kier molecular flexibility index (Phi) is 4.57. The van der Waals surface area contributed by atoms with E-state index in [4.69, 9.17) is 10.2 Å². The van der Waals surface area contributed by atoms with Crippen molar-refractivity contribution in [1.82, 2.24) is 5.32 Å². The Bertz CT molecular complexity index is 209. The molecule has 0 aromatic carbocycles. The average molecular weight is 182 g/mol. The van der Waals surface area contributed by atoms with E-state index in [1.807, 2.05) is 6.07 Å². The van der Waals surface area contributed by atoms with Gasteiger partial charge in [-0.1, -0.05) is 6.92 Å². The second-order valence-corrected chi connectivity index (χ2v) is 3.45. The maximum atomic E-state index is 5.45. The molecule has 0 saturated heterocycles. The monoisotopic (exact) mass is 182 g/mol. The van der Waals surface area contributed by atoms with Crippen molar-refractivity contribution in [2.45, 2.75) is 19.9 Å². The van der Waals surface area contributed by atoms with E-state index in [2.05, 4.69) is 12.2 Å². The van der Waals surface area contributed by atoms with Gasteiger partial charge in [0.15, 0.2) is 0 Å². The number of hydrogen-bond donors (Lipinski definition) is 2. The van der Waals surface area contributed by atoms with Gasteiger partial charge in [-0.15, -0.1) is 0 Å². The van der Waals surface area contributed by atoms with Crippen LogP contribution in [0.5, 0.6) is 0 Å². The predicted octanol–water partition coefficient (Wildman–Crippen LogP) is 1.35. The zero-order valence-corrected chi connectivity index (χ0v) is 8.12. The van der Waals surface area contributed by atoms with Gasteiger partial charge in [0.05, 0.1) is 12.5 Å². The van der Waals surface area contributed by atoms with E-state index in [0.717, 1.165) is 26.1 Å². The highest BCUT2D eigenvalue weighted by molar-refractivity contribution is 5.04. The molecule has 3 nitrogen and oxygen atoms in total. The molecule has 0 spiro atoms. The minimum Gasteiger partial charge on any atom is -0.472 e. The Morgan fingerprint density at radius 3 is 3.08 bits per heavy atom. The van der Waals surface area contributed by atoms with Crippen molar-refractivity contribution < 1.29 is 4.42 Å². The predicted molar refractivity (Wildman–Crippen MR) is 53.3 cm³/mol. The number of nitrogens with two attached hydrogens (primary N) is 1. The van der Waals surface area contributed by atoms with Crippen molar-refractivity contribution in [3.8, 4) is 0 Å². The molecule has 1 atom stereocenters. The van der Waals surface area contributed by atoms with E-state index in [-0.39, 0.29) is 0 Å². The van der Waals surface area contributed by atoms with Gasteiger partial charge < -0.3 is 15.5 Å². The van der Waals surface area contributed by atoms with E-state index in [1.165, 1.54) is 5.56 Å². The Morgan fingerprint density at radius 1 is 1.62 bits per heavy atom. The molecule has 0 bridgehead atoms. The lowest BCUT2D eigenvalue weighted by atomic mass is 10.1. The summed E-state index contributed by atoms with van der Waals surface area (Å²) in [5.41, 5.74) is 6.65. The molecule has 3 heteroatoms. The van der Waals surface area contributed by atoms with Gasteiger partial charge in [0.2, 0.25) is 0 Å². The average Bonchev–Trinajstić information content (AvgIpc) is 2.57. The quantitative estimate of drug-likeness (QED) is 0.698. The Morgan fingerprint density at radius 2 is 2.46 bits per heavy atom. The molecule has 1 rings (SSSR count). The van der Waals surface area contributed by atoms with E-state index in [1.54, 1.807) is 12.5 Å². The lowest BCUT2D eigenvalue weighted by Gasteiger charge is -2.10. The second-order valence-electron chi connectivity index (χ2n) is 3.45. The normalized spacial score (nSPS) is 13.1. The van der Waals surface area contributed by atoms with Crippen LogP contribution in [0.3, 0.4) is 0 Å². The summed E-state index contributed by atoms with van der Waals surface area (Å²) >= 11 is 0. The van der Waals surface area contributed by atoms with E-state index < -0.39 is 0 Å². The number of rotatable bonds is 6. The van der Waals surface area contributed by atoms with E-state index >= 15 is 0 Å². The van der Waals surface area contributed by atoms with Crippen molar-refractivity contribution >= 4 is 0 Å². The van der Waals surface area contributed by atoms with Gasteiger partial charge in [-0.05, 0) is 31.5 Å². The third kappa shape index (κ3) is 4.10. The van der Waals surface area contributed by atoms with Gasteiger partial charge >= 0.3 is 0 Å². The van der Waals surface area contributed by atoms with Crippen LogP contribution >= 0.6 is 0 Å². The molecule has 0 fully saturated rings. The standard InChI is InChI=1S/C10H18N2O/c1-9(2-4-11)6-12-7-10-3-5-13-8-10/h3,5,8-9,12H,2,4,6-7,11H2,1H3.